The first kappa shape index (κ1) is 17.8. The van der Waals surface area contributed by atoms with Crippen molar-refractivity contribution in [2.45, 2.75) is 32.4 Å². The number of hydrogen-bond donors (Lipinski definition) is 1. The van der Waals surface area contributed by atoms with E-state index in [0.717, 1.165) is 0 Å². The zero-order valence-corrected chi connectivity index (χ0v) is 14.2. The predicted molar refractivity (Wildman–Crippen MR) is 90.3 cm³/mol. The van der Waals surface area contributed by atoms with Gasteiger partial charge in [-0.05, 0) is 19.9 Å². The molecular weight excluding hydrogens is 309 g/mol. The van der Waals surface area contributed by atoms with Gasteiger partial charge in [0, 0.05) is 25.2 Å². The molecule has 6 heteroatoms. The molecule has 128 valence electrons. The standard InChI is InChI=1S/C18H22FN3O2/c1-18(2,23-3)8-9-24-17-16(21)10-14(11-20)22(17)12-13-6-4-5-7-15(13)19/h4-7,10H,8-9,12,21H2,1-3H3. The van der Waals surface area contributed by atoms with Gasteiger partial charge in [-0.3, -0.25) is 4.57 Å². The third-order valence-corrected chi connectivity index (χ3v) is 3.97. The van der Waals surface area contributed by atoms with Gasteiger partial charge in [0.25, 0.3) is 0 Å². The highest BCUT2D eigenvalue weighted by molar-refractivity contribution is 5.55. The van der Waals surface area contributed by atoms with E-state index in [1.807, 2.05) is 13.8 Å². The highest BCUT2D eigenvalue weighted by Crippen LogP contribution is 2.28. The van der Waals surface area contributed by atoms with Gasteiger partial charge < -0.3 is 15.2 Å². The summed E-state index contributed by atoms with van der Waals surface area (Å²) in [6, 6.07) is 10.0. The number of anilines is 1. The average molecular weight is 331 g/mol. The third-order valence-electron chi connectivity index (χ3n) is 3.97. The molecule has 0 unspecified atom stereocenters. The number of methoxy groups -OCH3 is 1. The topological polar surface area (TPSA) is 73.2 Å². The molecule has 0 aliphatic rings. The molecule has 0 saturated heterocycles. The summed E-state index contributed by atoms with van der Waals surface area (Å²) in [6.45, 7) is 4.46. The largest absolute Gasteiger partial charge is 0.477 e. The maximum absolute atomic E-state index is 13.9. The van der Waals surface area contributed by atoms with Crippen LogP contribution in [-0.4, -0.2) is 23.9 Å². The lowest BCUT2D eigenvalue weighted by atomic mass is 10.1. The fraction of sp³-hybridized carbons (Fsp3) is 0.389. The normalized spacial score (nSPS) is 11.3. The Bertz CT molecular complexity index is 747. The molecule has 1 heterocycles. The molecule has 24 heavy (non-hydrogen) atoms. The second-order valence-corrected chi connectivity index (χ2v) is 6.14. The Morgan fingerprint density at radius 1 is 1.33 bits per heavy atom. The van der Waals surface area contributed by atoms with Crippen molar-refractivity contribution in [1.29, 1.82) is 5.26 Å². The molecule has 2 rings (SSSR count). The highest BCUT2D eigenvalue weighted by atomic mass is 19.1. The SMILES string of the molecule is COC(C)(C)CCOc1c(N)cc(C#N)n1Cc1ccccc1F. The van der Waals surface area contributed by atoms with Crippen LogP contribution in [0, 0.1) is 17.1 Å². The first-order valence-electron chi connectivity index (χ1n) is 7.68. The van der Waals surface area contributed by atoms with Crippen molar-refractivity contribution in [2.75, 3.05) is 19.5 Å². The monoisotopic (exact) mass is 331 g/mol. The molecule has 1 aromatic heterocycles. The van der Waals surface area contributed by atoms with Crippen molar-refractivity contribution in [2.24, 2.45) is 0 Å². The number of benzene rings is 1. The van der Waals surface area contributed by atoms with Crippen LogP contribution in [0.15, 0.2) is 30.3 Å². The number of nitrogens with zero attached hydrogens (tertiary/aromatic N) is 2. The smallest absolute Gasteiger partial charge is 0.218 e. The number of aromatic nitrogens is 1. The van der Waals surface area contributed by atoms with Crippen LogP contribution in [0.25, 0.3) is 0 Å². The van der Waals surface area contributed by atoms with Crippen LogP contribution < -0.4 is 10.5 Å². The lowest BCUT2D eigenvalue weighted by molar-refractivity contribution is 0.00485. The Kier molecular flexibility index (Phi) is 5.47. The Hall–Kier alpha value is -2.52. The van der Waals surface area contributed by atoms with Gasteiger partial charge in [-0.2, -0.15) is 5.26 Å². The molecule has 0 fully saturated rings. The summed E-state index contributed by atoms with van der Waals surface area (Å²) < 4.78 is 26.6. The van der Waals surface area contributed by atoms with E-state index in [1.165, 1.54) is 12.1 Å². The first-order chi connectivity index (χ1) is 11.4. The second-order valence-electron chi connectivity index (χ2n) is 6.14. The third kappa shape index (κ3) is 4.06. The molecule has 0 spiro atoms. The molecular formula is C18H22FN3O2. The Labute approximate surface area is 141 Å². The zero-order valence-electron chi connectivity index (χ0n) is 14.2. The van der Waals surface area contributed by atoms with E-state index < -0.39 is 0 Å². The number of halogens is 1. The summed E-state index contributed by atoms with van der Waals surface area (Å²) in [5.74, 6) is 0.0434. The lowest BCUT2D eigenvalue weighted by Gasteiger charge is -2.23. The van der Waals surface area contributed by atoms with Crippen LogP contribution in [0.5, 0.6) is 5.88 Å². The summed E-state index contributed by atoms with van der Waals surface area (Å²) in [6.07, 6.45) is 0.649. The van der Waals surface area contributed by atoms with Crippen LogP contribution in [0.3, 0.4) is 0 Å². The first-order valence-corrected chi connectivity index (χ1v) is 7.68. The van der Waals surface area contributed by atoms with Gasteiger partial charge >= 0.3 is 0 Å². The maximum Gasteiger partial charge on any atom is 0.218 e. The second kappa shape index (κ2) is 7.37. The average Bonchev–Trinajstić information content (AvgIpc) is 2.85. The van der Waals surface area contributed by atoms with E-state index in [2.05, 4.69) is 6.07 Å². The minimum absolute atomic E-state index is 0.176. The molecule has 0 atom stereocenters. The van der Waals surface area contributed by atoms with Crippen molar-refractivity contribution < 1.29 is 13.9 Å². The number of nitrogen functional groups attached to an aromatic ring is 1. The van der Waals surface area contributed by atoms with Crippen molar-refractivity contribution in [1.82, 2.24) is 4.57 Å². The van der Waals surface area contributed by atoms with Crippen molar-refractivity contribution in [3.63, 3.8) is 0 Å². The van der Waals surface area contributed by atoms with E-state index in [9.17, 15) is 9.65 Å². The van der Waals surface area contributed by atoms with Crippen LogP contribution in [-0.2, 0) is 11.3 Å². The lowest BCUT2D eigenvalue weighted by Crippen LogP contribution is -2.25. The Morgan fingerprint density at radius 2 is 2.04 bits per heavy atom. The van der Waals surface area contributed by atoms with Crippen molar-refractivity contribution >= 4 is 5.69 Å². The quantitative estimate of drug-likeness (QED) is 0.844. The van der Waals surface area contributed by atoms with Gasteiger partial charge in [-0.25, -0.2) is 4.39 Å². The van der Waals surface area contributed by atoms with Crippen LogP contribution in [0.1, 0.15) is 31.5 Å². The molecule has 0 saturated carbocycles. The van der Waals surface area contributed by atoms with Gasteiger partial charge in [-0.1, -0.05) is 18.2 Å². The number of rotatable bonds is 7. The molecule has 2 aromatic rings. The van der Waals surface area contributed by atoms with Crippen molar-refractivity contribution in [3.8, 4) is 11.9 Å². The summed E-state index contributed by atoms with van der Waals surface area (Å²) in [7, 11) is 1.64. The maximum atomic E-state index is 13.9. The van der Waals surface area contributed by atoms with E-state index in [1.54, 1.807) is 29.9 Å². The fourth-order valence-corrected chi connectivity index (χ4v) is 2.26. The van der Waals surface area contributed by atoms with Gasteiger partial charge in [0.2, 0.25) is 5.88 Å². The minimum Gasteiger partial charge on any atom is -0.477 e. The van der Waals surface area contributed by atoms with Crippen LogP contribution in [0.2, 0.25) is 0 Å². The van der Waals surface area contributed by atoms with E-state index in [0.29, 0.717) is 35.9 Å². The van der Waals surface area contributed by atoms with Gasteiger partial charge in [0.1, 0.15) is 17.6 Å². The van der Waals surface area contributed by atoms with E-state index >= 15 is 0 Å². The van der Waals surface area contributed by atoms with Crippen LogP contribution >= 0.6 is 0 Å². The van der Waals surface area contributed by atoms with Gasteiger partial charge in [0.15, 0.2) is 0 Å². The zero-order chi connectivity index (χ0) is 17.7. The number of nitrogens with two attached hydrogens (primary N) is 1. The van der Waals surface area contributed by atoms with E-state index in [4.69, 9.17) is 15.2 Å². The Balaban J connectivity index is 2.24. The van der Waals surface area contributed by atoms with Crippen molar-refractivity contribution in [3.05, 3.63) is 47.4 Å². The molecule has 0 bridgehead atoms. The summed E-state index contributed by atoms with van der Waals surface area (Å²) in [4.78, 5) is 0. The van der Waals surface area contributed by atoms with Crippen LogP contribution in [0.4, 0.5) is 10.1 Å². The molecule has 5 nitrogen and oxygen atoms in total. The molecule has 0 aliphatic carbocycles. The Morgan fingerprint density at radius 3 is 2.67 bits per heavy atom. The van der Waals surface area contributed by atoms with E-state index in [-0.39, 0.29) is 18.0 Å². The molecule has 1 aromatic carbocycles. The fourth-order valence-electron chi connectivity index (χ4n) is 2.26. The minimum atomic E-state index is -0.333. The van der Waals surface area contributed by atoms with Gasteiger partial charge in [0.05, 0.1) is 24.4 Å². The number of ether oxygens (including phenoxy) is 2. The summed E-state index contributed by atoms with van der Waals surface area (Å²) >= 11 is 0. The summed E-state index contributed by atoms with van der Waals surface area (Å²) in [5.41, 5.74) is 6.80. The predicted octanol–water partition coefficient (Wildman–Crippen LogP) is 3.32. The molecule has 0 amide bonds. The number of nitriles is 1. The van der Waals surface area contributed by atoms with Gasteiger partial charge in [-0.15, -0.1) is 0 Å². The number of hydrogen-bond acceptors (Lipinski definition) is 4. The molecule has 2 N–H and O–H groups in total. The molecule has 0 radical (unpaired) electrons. The highest BCUT2D eigenvalue weighted by Gasteiger charge is 2.19. The summed E-state index contributed by atoms with van der Waals surface area (Å²) in [5, 5.41) is 9.30. The molecule has 0 aliphatic heterocycles.